The summed E-state index contributed by atoms with van der Waals surface area (Å²) in [6.07, 6.45) is -0.303. The van der Waals surface area contributed by atoms with Crippen LogP contribution in [-0.2, 0) is 6.05 Å². The molecular formula is C30H34ClF6N3. The first kappa shape index (κ1) is 34.9. The van der Waals surface area contributed by atoms with E-state index in [1.54, 1.807) is 13.8 Å². The largest absolute Gasteiger partial charge is 0.399 e. The molecule has 0 saturated heterocycles. The zero-order valence-electron chi connectivity index (χ0n) is 23.3. The molecule has 0 aliphatic rings. The van der Waals surface area contributed by atoms with E-state index in [-0.39, 0.29) is 21.7 Å². The van der Waals surface area contributed by atoms with Crippen LogP contribution in [0.4, 0.5) is 26.3 Å². The van der Waals surface area contributed by atoms with Crippen LogP contribution in [-0.4, -0.2) is 25.7 Å². The van der Waals surface area contributed by atoms with E-state index < -0.39 is 35.1 Å². The van der Waals surface area contributed by atoms with Gasteiger partial charge in [0.1, 0.15) is 11.7 Å². The van der Waals surface area contributed by atoms with Gasteiger partial charge in [0, 0.05) is 34.8 Å². The number of aliphatic imine (C=N–C) groups is 1. The molecule has 218 valence electrons. The predicted molar refractivity (Wildman–Crippen MR) is 154 cm³/mol. The minimum absolute atomic E-state index is 0.0560. The summed E-state index contributed by atoms with van der Waals surface area (Å²) in [5.74, 6) is -3.69. The number of nitrogens with zero attached hydrogens (tertiary/aromatic N) is 1. The van der Waals surface area contributed by atoms with E-state index in [2.05, 4.69) is 11.6 Å². The van der Waals surface area contributed by atoms with Crippen molar-refractivity contribution in [2.75, 3.05) is 7.05 Å². The number of halogens is 7. The fourth-order valence-electron chi connectivity index (χ4n) is 3.54. The molecule has 2 aromatic rings. The van der Waals surface area contributed by atoms with Gasteiger partial charge in [0.05, 0.1) is 0 Å². The third-order valence-electron chi connectivity index (χ3n) is 6.01. The molecule has 3 nitrogen and oxygen atoms in total. The Morgan fingerprint density at radius 3 is 2.25 bits per heavy atom. The molecule has 0 fully saturated rings. The minimum Gasteiger partial charge on any atom is -0.308 e. The van der Waals surface area contributed by atoms with Crippen molar-refractivity contribution in [2.24, 2.45) is 4.99 Å². The topological polar surface area (TPSA) is 48.2 Å². The molecule has 40 heavy (non-hydrogen) atoms. The molecule has 0 aliphatic heterocycles. The molecule has 2 rings (SSSR count). The van der Waals surface area contributed by atoms with Crippen LogP contribution >= 0.6 is 11.6 Å². The number of nitrogens with one attached hydrogen (secondary N) is 2. The molecule has 2 aromatic carbocycles. The molecule has 0 spiro atoms. The normalized spacial score (nSPS) is 13.6. The van der Waals surface area contributed by atoms with Crippen LogP contribution in [0.3, 0.4) is 0 Å². The lowest BCUT2D eigenvalue weighted by atomic mass is 9.92. The van der Waals surface area contributed by atoms with Crippen molar-refractivity contribution in [1.82, 2.24) is 5.32 Å². The fraction of sp³-hybridized carbons (Fsp3) is 0.333. The second-order valence-corrected chi connectivity index (χ2v) is 8.98. The molecule has 1 unspecified atom stereocenters. The van der Waals surface area contributed by atoms with Gasteiger partial charge in [0.25, 0.3) is 0 Å². The molecule has 0 radical (unpaired) electrons. The summed E-state index contributed by atoms with van der Waals surface area (Å²) < 4.78 is 86.6. The number of benzene rings is 2. The Kier molecular flexibility index (Phi) is 13.1. The first-order valence-electron chi connectivity index (χ1n) is 12.5. The lowest BCUT2D eigenvalue weighted by molar-refractivity contribution is -0.139. The molecule has 0 aromatic heterocycles. The summed E-state index contributed by atoms with van der Waals surface area (Å²) in [6.45, 7) is 12.8. The van der Waals surface area contributed by atoms with Crippen LogP contribution in [0.25, 0.3) is 11.4 Å². The minimum atomic E-state index is -4.87. The number of hydrogen-bond donors (Lipinski definition) is 2. The Morgan fingerprint density at radius 2 is 1.75 bits per heavy atom. The van der Waals surface area contributed by atoms with Crippen molar-refractivity contribution in [2.45, 2.75) is 59.2 Å². The van der Waals surface area contributed by atoms with Gasteiger partial charge in [-0.25, -0.2) is 4.39 Å². The quantitative estimate of drug-likeness (QED) is 0.163. The highest BCUT2D eigenvalue weighted by atomic mass is 35.5. The molecule has 1 atom stereocenters. The van der Waals surface area contributed by atoms with Gasteiger partial charge < -0.3 is 5.41 Å². The first-order valence-corrected chi connectivity index (χ1v) is 12.9. The van der Waals surface area contributed by atoms with E-state index in [9.17, 15) is 22.0 Å². The van der Waals surface area contributed by atoms with E-state index in [1.807, 2.05) is 26.1 Å². The van der Waals surface area contributed by atoms with Crippen molar-refractivity contribution in [1.29, 1.82) is 5.41 Å². The summed E-state index contributed by atoms with van der Waals surface area (Å²) in [5, 5.41) is 9.20. The summed E-state index contributed by atoms with van der Waals surface area (Å²) in [5.41, 5.74) is 0.219. The average molecular weight is 586 g/mol. The molecule has 0 heterocycles. The number of hydrogen-bond acceptors (Lipinski definition) is 3. The number of alkyl halides is 5. The van der Waals surface area contributed by atoms with Crippen LogP contribution in [0, 0.1) is 19.3 Å². The van der Waals surface area contributed by atoms with E-state index in [4.69, 9.17) is 17.0 Å². The first-order chi connectivity index (χ1) is 18.7. The predicted octanol–water partition coefficient (Wildman–Crippen LogP) is 9.94. The Balaban J connectivity index is 0.00000391. The highest BCUT2D eigenvalue weighted by Crippen LogP contribution is 2.41. The number of allylic oxidation sites excluding steroid dienone is 3. The van der Waals surface area contributed by atoms with Crippen molar-refractivity contribution >= 4 is 35.4 Å². The highest BCUT2D eigenvalue weighted by Gasteiger charge is 2.40. The SMILES string of the molecule is C=C(C=N/C=C(\C=N)CC)c1ccc(/C(F)=C/C(c2cc(C)c(C)c(Cl)c2)C(F)(F)F)cc1C(F)(F)NC.CC. The lowest BCUT2D eigenvalue weighted by Crippen LogP contribution is -2.31. The Hall–Kier alpha value is -3.17. The van der Waals surface area contributed by atoms with Gasteiger partial charge in [-0.1, -0.05) is 57.2 Å². The summed E-state index contributed by atoms with van der Waals surface area (Å²) in [4.78, 5) is 3.99. The van der Waals surface area contributed by atoms with Crippen molar-refractivity contribution in [3.63, 3.8) is 0 Å². The molecule has 0 amide bonds. The fourth-order valence-corrected chi connectivity index (χ4v) is 3.81. The van der Waals surface area contributed by atoms with Gasteiger partial charge in [-0.05, 0) is 78.9 Å². The van der Waals surface area contributed by atoms with Crippen LogP contribution in [0.1, 0.15) is 66.5 Å². The Labute approximate surface area is 236 Å². The zero-order valence-corrected chi connectivity index (χ0v) is 24.0. The van der Waals surface area contributed by atoms with Gasteiger partial charge in [-0.15, -0.1) is 0 Å². The molecule has 0 aliphatic carbocycles. The van der Waals surface area contributed by atoms with Gasteiger partial charge in [0.15, 0.2) is 0 Å². The maximum Gasteiger partial charge on any atom is 0.399 e. The van der Waals surface area contributed by atoms with Gasteiger partial charge in [0.2, 0.25) is 0 Å². The summed E-state index contributed by atoms with van der Waals surface area (Å²) in [6, 6.07) is 1.76. The van der Waals surface area contributed by atoms with Crippen LogP contribution in [0.5, 0.6) is 0 Å². The number of rotatable bonds is 10. The van der Waals surface area contributed by atoms with E-state index in [1.165, 1.54) is 18.5 Å². The van der Waals surface area contributed by atoms with E-state index in [0.29, 0.717) is 29.2 Å². The Morgan fingerprint density at radius 1 is 1.12 bits per heavy atom. The molecule has 0 bridgehead atoms. The third-order valence-corrected chi connectivity index (χ3v) is 6.40. The monoisotopic (exact) mass is 585 g/mol. The molecular weight excluding hydrogens is 552 g/mol. The van der Waals surface area contributed by atoms with Crippen molar-refractivity contribution in [3.05, 3.63) is 93.2 Å². The standard InChI is InChI=1S/C28H28ClF6N3.C2H6/c1-6-19(13-36)15-38-14-17(3)22-8-7-20(10-24(22)28(34,35)37-5)26(30)12-23(27(31,32)33)21-9-16(2)18(4)25(29)11-21;1-2/h7-15,23,36-37H,3,6H2,1-2,4-5H3;1-2H3/b19-15-,26-12-,36-13?,38-14?;. The molecule has 0 saturated carbocycles. The van der Waals surface area contributed by atoms with Crippen molar-refractivity contribution in [3.8, 4) is 0 Å². The maximum absolute atomic E-state index is 15.2. The molecule has 10 heteroatoms. The zero-order chi connectivity index (χ0) is 30.8. The van der Waals surface area contributed by atoms with Gasteiger partial charge in [-0.2, -0.15) is 22.0 Å². The average Bonchev–Trinajstić information content (AvgIpc) is 2.92. The Bertz CT molecular complexity index is 1270. The second kappa shape index (κ2) is 15.0. The highest BCUT2D eigenvalue weighted by molar-refractivity contribution is 6.31. The van der Waals surface area contributed by atoms with Gasteiger partial charge in [-0.3, -0.25) is 10.3 Å². The van der Waals surface area contributed by atoms with E-state index in [0.717, 1.165) is 37.5 Å². The molecule has 2 N–H and O–H groups in total. The van der Waals surface area contributed by atoms with E-state index >= 15 is 4.39 Å². The lowest BCUT2D eigenvalue weighted by Gasteiger charge is -2.21. The van der Waals surface area contributed by atoms with Crippen LogP contribution in [0.15, 0.2) is 59.8 Å². The van der Waals surface area contributed by atoms with Crippen LogP contribution < -0.4 is 5.32 Å². The maximum atomic E-state index is 15.2. The number of aryl methyl sites for hydroxylation is 1. The smallest absolute Gasteiger partial charge is 0.308 e. The second-order valence-electron chi connectivity index (χ2n) is 8.57. The van der Waals surface area contributed by atoms with Crippen LogP contribution in [0.2, 0.25) is 5.02 Å². The van der Waals surface area contributed by atoms with Gasteiger partial charge >= 0.3 is 12.2 Å². The van der Waals surface area contributed by atoms with Crippen molar-refractivity contribution < 1.29 is 26.3 Å². The summed E-state index contributed by atoms with van der Waals surface area (Å²) >= 11 is 6.07. The third kappa shape index (κ3) is 8.93. The summed E-state index contributed by atoms with van der Waals surface area (Å²) in [7, 11) is 0.989.